The van der Waals surface area contributed by atoms with Crippen molar-refractivity contribution in [1.82, 2.24) is 14.1 Å². The number of carbonyl (C=O) groups is 1. The molecule has 1 amide bonds. The Bertz CT molecular complexity index is 1250. The van der Waals surface area contributed by atoms with Crippen molar-refractivity contribution in [3.63, 3.8) is 0 Å². The van der Waals surface area contributed by atoms with Crippen LogP contribution in [0.2, 0.25) is 0 Å². The van der Waals surface area contributed by atoms with Gasteiger partial charge in [0, 0.05) is 32.7 Å². The van der Waals surface area contributed by atoms with Crippen LogP contribution in [-0.4, -0.2) is 89.0 Å². The fourth-order valence-corrected chi connectivity index (χ4v) is 8.24. The third-order valence-corrected chi connectivity index (χ3v) is 11.2. The first-order valence-corrected chi connectivity index (χ1v) is 16.3. The summed E-state index contributed by atoms with van der Waals surface area (Å²) in [5.74, 6) is 1.02. The van der Waals surface area contributed by atoms with Crippen molar-refractivity contribution in [2.24, 2.45) is 5.92 Å². The minimum Gasteiger partial charge on any atom is -0.497 e. The Labute approximate surface area is 246 Å². The number of hydrogen-bond donors (Lipinski definition) is 0. The highest BCUT2D eigenvalue weighted by Crippen LogP contribution is 2.45. The quantitative estimate of drug-likeness (QED) is 0.339. The lowest BCUT2D eigenvalue weighted by Gasteiger charge is -2.47. The second-order valence-electron chi connectivity index (χ2n) is 11.8. The molecular weight excluding hydrogens is 538 g/mol. The Morgan fingerprint density at radius 1 is 1.02 bits per heavy atom. The second-order valence-corrected chi connectivity index (χ2v) is 13.8. The van der Waals surface area contributed by atoms with E-state index in [-0.39, 0.29) is 36.1 Å². The molecule has 1 saturated heterocycles. The third kappa shape index (κ3) is 7.13. The highest BCUT2D eigenvalue weighted by molar-refractivity contribution is 7.89. The molecule has 0 atom stereocenters. The molecular formula is C32H47N3O5S. The molecule has 41 heavy (non-hydrogen) atoms. The van der Waals surface area contributed by atoms with E-state index in [2.05, 4.69) is 35.2 Å². The summed E-state index contributed by atoms with van der Waals surface area (Å²) in [6.45, 7) is 6.84. The van der Waals surface area contributed by atoms with Gasteiger partial charge in [-0.05, 0) is 100 Å². The number of benzene rings is 2. The monoisotopic (exact) mass is 585 g/mol. The molecule has 2 fully saturated rings. The van der Waals surface area contributed by atoms with Gasteiger partial charge in [-0.1, -0.05) is 30.3 Å². The second kappa shape index (κ2) is 13.7. The number of methoxy groups -OCH3 is 1. The number of sulfonamides is 1. The van der Waals surface area contributed by atoms with Gasteiger partial charge in [0.1, 0.15) is 12.4 Å². The maximum Gasteiger partial charge on any atom is 0.248 e. The highest BCUT2D eigenvalue weighted by Gasteiger charge is 2.42. The van der Waals surface area contributed by atoms with Gasteiger partial charge in [0.15, 0.2) is 0 Å². The van der Waals surface area contributed by atoms with E-state index in [1.54, 1.807) is 38.0 Å². The molecule has 2 aromatic carbocycles. The Morgan fingerprint density at radius 2 is 1.63 bits per heavy atom. The highest BCUT2D eigenvalue weighted by atomic mass is 32.2. The summed E-state index contributed by atoms with van der Waals surface area (Å²) in [6.07, 6.45) is 6.98. The zero-order chi connectivity index (χ0) is 29.6. The predicted octanol–water partition coefficient (Wildman–Crippen LogP) is 4.59. The van der Waals surface area contributed by atoms with Gasteiger partial charge in [-0.3, -0.25) is 9.69 Å². The summed E-state index contributed by atoms with van der Waals surface area (Å²) < 4.78 is 38.6. The van der Waals surface area contributed by atoms with Gasteiger partial charge in [-0.15, -0.1) is 0 Å². The van der Waals surface area contributed by atoms with E-state index in [1.165, 1.54) is 42.8 Å². The van der Waals surface area contributed by atoms with Crippen molar-refractivity contribution in [2.45, 2.75) is 62.8 Å². The van der Waals surface area contributed by atoms with E-state index in [9.17, 15) is 13.2 Å². The van der Waals surface area contributed by atoms with Crippen LogP contribution in [0.4, 0.5) is 0 Å². The van der Waals surface area contributed by atoms with Crippen molar-refractivity contribution in [1.29, 1.82) is 0 Å². The van der Waals surface area contributed by atoms with Gasteiger partial charge in [-0.25, -0.2) is 8.42 Å². The molecule has 4 rings (SSSR count). The molecule has 0 N–H and O–H groups in total. The van der Waals surface area contributed by atoms with Crippen molar-refractivity contribution < 1.29 is 22.7 Å². The number of aryl methyl sites for hydroxylation is 2. The standard InChI is InChI=1S/C32H47N3O5S/c1-25-21-29(39-5)22-26(2)31(25)41(37,38)34(4)19-20-40-24-30(36)33(3)23-27-13-15-32(16-14-27,35-17-9-10-18-35)28-11-7-6-8-12-28/h6-8,11-12,21-22,27H,9-10,13-20,23-24H2,1-5H3. The van der Waals surface area contributed by atoms with Gasteiger partial charge in [0.25, 0.3) is 0 Å². The van der Waals surface area contributed by atoms with Crippen LogP contribution in [0.25, 0.3) is 0 Å². The molecule has 1 saturated carbocycles. The van der Waals surface area contributed by atoms with Crippen LogP contribution in [0, 0.1) is 19.8 Å². The number of hydrogen-bond acceptors (Lipinski definition) is 6. The maximum atomic E-state index is 13.2. The molecule has 0 bridgehead atoms. The minimum atomic E-state index is -3.70. The number of likely N-dealkylation sites (N-methyl/N-ethyl adjacent to an activating group) is 2. The lowest BCUT2D eigenvalue weighted by atomic mass is 9.71. The largest absolute Gasteiger partial charge is 0.497 e. The smallest absolute Gasteiger partial charge is 0.248 e. The summed E-state index contributed by atoms with van der Waals surface area (Å²) >= 11 is 0. The van der Waals surface area contributed by atoms with Crippen molar-refractivity contribution in [3.8, 4) is 5.75 Å². The van der Waals surface area contributed by atoms with E-state index in [0.717, 1.165) is 32.2 Å². The van der Waals surface area contributed by atoms with Crippen LogP contribution >= 0.6 is 0 Å². The first-order valence-electron chi connectivity index (χ1n) is 14.8. The third-order valence-electron chi connectivity index (χ3n) is 9.03. The molecule has 0 spiro atoms. The number of amides is 1. The lowest BCUT2D eigenvalue weighted by molar-refractivity contribution is -0.135. The summed E-state index contributed by atoms with van der Waals surface area (Å²) in [4.78, 5) is 17.6. The van der Waals surface area contributed by atoms with Gasteiger partial charge < -0.3 is 14.4 Å². The van der Waals surface area contributed by atoms with Gasteiger partial charge >= 0.3 is 0 Å². The van der Waals surface area contributed by atoms with Crippen molar-refractivity contribution in [2.75, 3.05) is 60.6 Å². The number of rotatable bonds is 12. The van der Waals surface area contributed by atoms with Crippen molar-refractivity contribution in [3.05, 3.63) is 59.2 Å². The molecule has 1 aliphatic carbocycles. The van der Waals surface area contributed by atoms with Gasteiger partial charge in [-0.2, -0.15) is 4.31 Å². The first kappa shape index (κ1) is 31.5. The average molecular weight is 586 g/mol. The summed E-state index contributed by atoms with van der Waals surface area (Å²) in [5.41, 5.74) is 2.82. The van der Waals surface area contributed by atoms with Gasteiger partial charge in [0.05, 0.1) is 18.6 Å². The fourth-order valence-electron chi connectivity index (χ4n) is 6.68. The minimum absolute atomic E-state index is 0.0561. The number of likely N-dealkylation sites (tertiary alicyclic amines) is 1. The lowest BCUT2D eigenvalue weighted by Crippen LogP contribution is -2.48. The molecule has 226 valence electrons. The van der Waals surface area contributed by atoms with Crippen LogP contribution in [0.5, 0.6) is 5.75 Å². The normalized spacial score (nSPS) is 21.8. The maximum absolute atomic E-state index is 13.2. The van der Waals surface area contributed by atoms with E-state index < -0.39 is 10.0 Å². The Hall–Kier alpha value is -2.46. The molecule has 1 aliphatic heterocycles. The molecule has 0 unspecified atom stereocenters. The number of nitrogens with zero attached hydrogens (tertiary/aromatic N) is 3. The van der Waals surface area contributed by atoms with Crippen LogP contribution in [0.15, 0.2) is 47.4 Å². The fraction of sp³-hybridized carbons (Fsp3) is 0.594. The van der Waals surface area contributed by atoms with Crippen LogP contribution in [0.1, 0.15) is 55.2 Å². The average Bonchev–Trinajstić information content (AvgIpc) is 3.51. The zero-order valence-electron chi connectivity index (χ0n) is 25.4. The Balaban J connectivity index is 1.24. The summed E-state index contributed by atoms with van der Waals surface area (Å²) in [7, 11) is 1.25. The number of carbonyl (C=O) groups excluding carboxylic acids is 1. The predicted molar refractivity (Wildman–Crippen MR) is 162 cm³/mol. The molecule has 2 aliphatic rings. The van der Waals surface area contributed by atoms with Crippen LogP contribution < -0.4 is 4.74 Å². The molecule has 8 nitrogen and oxygen atoms in total. The molecule has 0 radical (unpaired) electrons. The van der Waals surface area contributed by atoms with Crippen LogP contribution in [-0.2, 0) is 25.1 Å². The molecule has 1 heterocycles. The van der Waals surface area contributed by atoms with Crippen LogP contribution in [0.3, 0.4) is 0 Å². The molecule has 2 aromatic rings. The Kier molecular flexibility index (Phi) is 10.5. The van der Waals surface area contributed by atoms with Gasteiger partial charge in [0.2, 0.25) is 15.9 Å². The topological polar surface area (TPSA) is 79.4 Å². The van der Waals surface area contributed by atoms with E-state index in [4.69, 9.17) is 9.47 Å². The van der Waals surface area contributed by atoms with E-state index in [0.29, 0.717) is 22.8 Å². The van der Waals surface area contributed by atoms with E-state index in [1.807, 2.05) is 7.05 Å². The van der Waals surface area contributed by atoms with Crippen molar-refractivity contribution >= 4 is 15.9 Å². The summed E-state index contributed by atoms with van der Waals surface area (Å²) in [6, 6.07) is 14.4. The summed E-state index contributed by atoms with van der Waals surface area (Å²) in [5, 5.41) is 0. The molecule has 9 heteroatoms. The van der Waals surface area contributed by atoms with E-state index >= 15 is 0 Å². The zero-order valence-corrected chi connectivity index (χ0v) is 26.2. The first-order chi connectivity index (χ1) is 19.6. The Morgan fingerprint density at radius 3 is 2.22 bits per heavy atom. The molecule has 0 aromatic heterocycles. The SMILES string of the molecule is COc1cc(C)c(S(=O)(=O)N(C)CCOCC(=O)N(C)CC2CCC(c3ccccc3)(N3CCCC3)CC2)c(C)c1. The number of ether oxygens (including phenoxy) is 2.